The lowest BCUT2D eigenvalue weighted by atomic mass is 9.93. The predicted octanol–water partition coefficient (Wildman–Crippen LogP) is 5.67. The Kier molecular flexibility index (Phi) is 11.9. The number of hydrogen-bond donors (Lipinski definition) is 2. The number of rotatable bonds is 4. The Morgan fingerprint density at radius 1 is 0.650 bits per heavy atom. The summed E-state index contributed by atoms with van der Waals surface area (Å²) in [5.74, 6) is 0. The van der Waals surface area contributed by atoms with Crippen LogP contribution in [-0.2, 0) is 35.4 Å². The van der Waals surface area contributed by atoms with Crippen LogP contribution in [0, 0.1) is 10.8 Å². The van der Waals surface area contributed by atoms with Crippen molar-refractivity contribution in [3.8, 4) is 0 Å². The fourth-order valence-corrected chi connectivity index (χ4v) is 4.97. The average molecular weight is 553 g/mol. The summed E-state index contributed by atoms with van der Waals surface area (Å²) >= 11 is 0. The number of sulfone groups is 1. The molecule has 0 aliphatic heterocycles. The van der Waals surface area contributed by atoms with Crippen molar-refractivity contribution in [2.45, 2.75) is 16.2 Å². The molecule has 0 saturated heterocycles. The van der Waals surface area contributed by atoms with E-state index in [1.807, 2.05) is 0 Å². The zero-order chi connectivity index (χ0) is 29.4. The summed E-state index contributed by atoms with van der Waals surface area (Å²) in [7, 11) is -3.68. The Bertz CT molecular complexity index is 1690. The van der Waals surface area contributed by atoms with E-state index in [2.05, 4.69) is 58.5 Å². The second-order valence-electron chi connectivity index (χ2n) is 7.57. The summed E-state index contributed by atoms with van der Waals surface area (Å²) in [5, 5.41) is 13.6. The number of aliphatic imine (C=N–C) groups is 2. The van der Waals surface area contributed by atoms with Gasteiger partial charge in [-0.05, 0) is 76.9 Å². The number of nitrogens with one attached hydrogen (secondary N) is 2. The normalized spacial score (nSPS) is 10.2. The molecule has 0 unspecified atom stereocenters. The molecule has 0 fully saturated rings. The molecule has 4 aromatic carbocycles. The maximum atomic E-state index is 12.4. The first-order valence-corrected chi connectivity index (χ1v) is 12.7. The van der Waals surface area contributed by atoms with Crippen LogP contribution >= 0.6 is 0 Å². The minimum Gasteiger partial charge on any atom is -0.222 e. The van der Waals surface area contributed by atoms with Crippen LogP contribution in [0.4, 0.5) is 11.4 Å². The molecule has 0 amide bonds. The van der Waals surface area contributed by atoms with Gasteiger partial charge in [0.05, 0.1) is 21.2 Å². The predicted molar refractivity (Wildman–Crippen MR) is 147 cm³/mol. The van der Waals surface area contributed by atoms with E-state index in [0.717, 1.165) is 18.6 Å². The molecule has 11 heteroatoms. The molecular weight excluding hydrogens is 532 g/mol. The van der Waals surface area contributed by atoms with E-state index in [9.17, 15) is 18.0 Å². The zero-order valence-corrected chi connectivity index (χ0v) is 21.5. The van der Waals surface area contributed by atoms with Gasteiger partial charge in [-0.15, -0.1) is 0 Å². The third-order valence-electron chi connectivity index (χ3n) is 5.30. The topological polar surface area (TPSA) is 175 Å². The molecule has 0 radical (unpaired) electrons. The summed E-state index contributed by atoms with van der Waals surface area (Å²) in [6, 6.07) is 24.0. The van der Waals surface area contributed by atoms with Gasteiger partial charge in [0.25, 0.3) is 0 Å². The second-order valence-corrected chi connectivity index (χ2v) is 9.52. The van der Waals surface area contributed by atoms with Crippen LogP contribution in [0.5, 0.6) is 0 Å². The van der Waals surface area contributed by atoms with Crippen LogP contribution < -0.4 is 0 Å². The van der Waals surface area contributed by atoms with Gasteiger partial charge in [-0.2, -0.15) is 9.98 Å². The lowest BCUT2D eigenvalue weighted by Gasteiger charge is -2.11. The van der Waals surface area contributed by atoms with E-state index >= 15 is 0 Å². The van der Waals surface area contributed by atoms with Crippen LogP contribution in [-0.4, -0.2) is 32.7 Å². The minimum absolute atomic E-state index is 0.0685. The molecule has 198 valence electrons. The van der Waals surface area contributed by atoms with Gasteiger partial charge in [-0.1, -0.05) is 48.6 Å². The number of carbonyl (C=O) groups excluding carboxylic acids is 4. The highest BCUT2D eigenvalue weighted by Gasteiger charge is 2.17. The number of benzene rings is 4. The first-order valence-electron chi connectivity index (χ1n) is 11.2. The summed E-state index contributed by atoms with van der Waals surface area (Å²) in [4.78, 5) is 43.8. The highest BCUT2D eigenvalue weighted by Crippen LogP contribution is 2.28. The molecule has 10 nitrogen and oxygen atoms in total. The lowest BCUT2D eigenvalue weighted by Crippen LogP contribution is -2.01. The van der Waals surface area contributed by atoms with Gasteiger partial charge in [0.2, 0.25) is 34.2 Å². The Balaban J connectivity index is 0.000000249. The Hall–Kier alpha value is -5.65. The first kappa shape index (κ1) is 30.6. The molecule has 0 heterocycles. The molecule has 5 rings (SSSR count). The third kappa shape index (κ3) is 8.18. The molecule has 0 atom stereocenters. The molecule has 2 N–H and O–H groups in total. The van der Waals surface area contributed by atoms with E-state index in [1.54, 1.807) is 0 Å². The van der Waals surface area contributed by atoms with E-state index < -0.39 is 9.84 Å². The fraction of sp³-hybridized carbons (Fsp3) is 0.0345. The van der Waals surface area contributed by atoms with E-state index in [-0.39, 0.29) is 9.79 Å². The Morgan fingerprint density at radius 3 is 1.55 bits per heavy atom. The molecule has 0 aromatic heterocycles. The van der Waals surface area contributed by atoms with Crippen molar-refractivity contribution in [1.82, 2.24) is 0 Å². The maximum Gasteiger partial charge on any atom is 0.240 e. The van der Waals surface area contributed by atoms with E-state index in [0.29, 0.717) is 11.4 Å². The fourth-order valence-electron chi connectivity index (χ4n) is 3.71. The maximum absolute atomic E-state index is 12.4. The number of nitrogens with zero attached hydrogens (tertiary/aromatic N) is 2. The molecule has 1 aliphatic carbocycles. The van der Waals surface area contributed by atoms with Crippen LogP contribution in [0.25, 0.3) is 16.8 Å². The molecule has 0 saturated carbocycles. The van der Waals surface area contributed by atoms with Crippen LogP contribution in [0.3, 0.4) is 0 Å². The molecule has 0 bridgehead atoms. The van der Waals surface area contributed by atoms with Gasteiger partial charge in [0.15, 0.2) is 0 Å². The van der Waals surface area contributed by atoms with Crippen molar-refractivity contribution in [3.05, 3.63) is 102 Å². The summed E-state index contributed by atoms with van der Waals surface area (Å²) in [6.07, 6.45) is 9.78. The highest BCUT2D eigenvalue weighted by molar-refractivity contribution is 7.91. The quantitative estimate of drug-likeness (QED) is 0.244. The summed E-state index contributed by atoms with van der Waals surface area (Å²) < 4.78 is 24.7. The first-order chi connectivity index (χ1) is 19.4. The van der Waals surface area contributed by atoms with E-state index in [1.165, 1.54) is 82.6 Å². The van der Waals surface area contributed by atoms with Gasteiger partial charge in [-0.25, -0.2) is 38.4 Å². The van der Waals surface area contributed by atoms with Gasteiger partial charge in [0, 0.05) is 0 Å². The Labute approximate surface area is 229 Å². The van der Waals surface area contributed by atoms with Crippen molar-refractivity contribution in [2.75, 3.05) is 0 Å². The van der Waals surface area contributed by atoms with Crippen molar-refractivity contribution in [2.24, 2.45) is 9.98 Å². The smallest absolute Gasteiger partial charge is 0.222 e. The molecule has 1 aliphatic rings. The van der Waals surface area contributed by atoms with Gasteiger partial charge in [-0.3, -0.25) is 0 Å². The van der Waals surface area contributed by atoms with E-state index in [4.69, 9.17) is 20.4 Å². The molecule has 40 heavy (non-hydrogen) atoms. The molecule has 4 aromatic rings. The highest BCUT2D eigenvalue weighted by atomic mass is 32.2. The van der Waals surface area contributed by atoms with Crippen molar-refractivity contribution < 1.29 is 27.6 Å². The van der Waals surface area contributed by atoms with Gasteiger partial charge in [0.1, 0.15) is 0 Å². The van der Waals surface area contributed by atoms with Crippen LogP contribution in [0.2, 0.25) is 0 Å². The molecule has 0 spiro atoms. The monoisotopic (exact) mass is 552 g/mol. The largest absolute Gasteiger partial charge is 0.240 e. The van der Waals surface area contributed by atoms with Crippen molar-refractivity contribution in [1.29, 1.82) is 10.8 Å². The van der Waals surface area contributed by atoms with Crippen LogP contribution in [0.15, 0.2) is 111 Å². The number of isocyanates is 4. The zero-order valence-electron chi connectivity index (χ0n) is 20.7. The van der Waals surface area contributed by atoms with Crippen molar-refractivity contribution in [3.63, 3.8) is 0 Å². The Morgan fingerprint density at radius 2 is 1.10 bits per heavy atom. The summed E-state index contributed by atoms with van der Waals surface area (Å²) in [5.41, 5.74) is 3.45. The van der Waals surface area contributed by atoms with Gasteiger partial charge >= 0.3 is 0 Å². The standard InChI is InChI=1S/C14H8N2O4S.C13H10.2CHNO/c17-9-15-11-1-5-13(6-2-11)21(19,20)14-7-3-12(4-8-14)16-10-18;1-4-10-6-2-8-12-9-3-7-11(5-1)13(10)12;2*2-1-3/h1-8H;1-8H,9H2;2*2H. The number of allylic oxidation sites excluding steroid dienone is 1. The van der Waals surface area contributed by atoms with Gasteiger partial charge < -0.3 is 0 Å². The molecular formula is C29H20N4O6S. The second kappa shape index (κ2) is 15.6. The SMILES string of the molecule is C1=Cc2cccc3cccc(c23)C1.N=C=O.N=C=O.O=C=Nc1ccc(S(=O)(=O)c2ccc(N=C=O)cc2)cc1. The average Bonchev–Trinajstić information content (AvgIpc) is 2.96. The number of hydrogen-bond acceptors (Lipinski definition) is 10. The third-order valence-corrected chi connectivity index (χ3v) is 7.09. The van der Waals surface area contributed by atoms with Crippen LogP contribution in [0.1, 0.15) is 11.1 Å². The minimum atomic E-state index is -3.68. The van der Waals surface area contributed by atoms with Crippen molar-refractivity contribution >= 4 is 62.4 Å². The summed E-state index contributed by atoms with van der Waals surface area (Å²) in [6.45, 7) is 0. The lowest BCUT2D eigenvalue weighted by molar-refractivity contribution is 0.562.